The van der Waals surface area contributed by atoms with Gasteiger partial charge in [0.05, 0.1) is 5.41 Å². The SMILES string of the molecule is CCNC(CN(C)C(=O)C1(c2cccc(F)c2)CC1)C(N)=O. The molecule has 0 heterocycles. The summed E-state index contributed by atoms with van der Waals surface area (Å²) in [5.41, 5.74) is 5.39. The third kappa shape index (κ3) is 3.27. The van der Waals surface area contributed by atoms with Gasteiger partial charge in [0.15, 0.2) is 0 Å². The van der Waals surface area contributed by atoms with Gasteiger partial charge in [0.1, 0.15) is 11.9 Å². The topological polar surface area (TPSA) is 75.4 Å². The number of carbonyl (C=O) groups excluding carboxylic acids is 2. The zero-order valence-corrected chi connectivity index (χ0v) is 12.9. The smallest absolute Gasteiger partial charge is 0.236 e. The maximum atomic E-state index is 13.4. The summed E-state index contributed by atoms with van der Waals surface area (Å²) in [6.45, 7) is 2.66. The largest absolute Gasteiger partial charge is 0.368 e. The molecule has 0 aliphatic heterocycles. The quantitative estimate of drug-likeness (QED) is 0.781. The van der Waals surface area contributed by atoms with Crippen molar-refractivity contribution in [3.8, 4) is 0 Å². The number of likely N-dealkylation sites (N-methyl/N-ethyl adjacent to an activating group) is 2. The molecule has 0 bridgehead atoms. The molecule has 1 aromatic carbocycles. The van der Waals surface area contributed by atoms with E-state index in [4.69, 9.17) is 5.73 Å². The molecule has 6 heteroatoms. The standard InChI is InChI=1S/C16H22FN3O2/c1-3-19-13(14(18)21)10-20(2)15(22)16(7-8-16)11-5-4-6-12(17)9-11/h4-6,9,13,19H,3,7-8,10H2,1-2H3,(H2,18,21). The van der Waals surface area contributed by atoms with Crippen molar-refractivity contribution in [1.82, 2.24) is 10.2 Å². The molecule has 1 aromatic rings. The molecule has 2 amide bonds. The van der Waals surface area contributed by atoms with E-state index in [0.717, 1.165) is 0 Å². The van der Waals surface area contributed by atoms with Crippen molar-refractivity contribution in [2.75, 3.05) is 20.1 Å². The Kier molecular flexibility index (Phi) is 4.81. The van der Waals surface area contributed by atoms with Crippen molar-refractivity contribution in [3.63, 3.8) is 0 Å². The Hall–Kier alpha value is -1.95. The van der Waals surface area contributed by atoms with Gasteiger partial charge in [0.25, 0.3) is 0 Å². The fourth-order valence-corrected chi connectivity index (χ4v) is 2.76. The van der Waals surface area contributed by atoms with Crippen LogP contribution in [0.1, 0.15) is 25.3 Å². The Balaban J connectivity index is 2.11. The normalized spacial score (nSPS) is 16.9. The Morgan fingerprint density at radius 1 is 1.45 bits per heavy atom. The summed E-state index contributed by atoms with van der Waals surface area (Å²) < 4.78 is 13.4. The number of nitrogens with two attached hydrogens (primary N) is 1. The molecule has 1 aliphatic carbocycles. The van der Waals surface area contributed by atoms with Crippen LogP contribution in [0.3, 0.4) is 0 Å². The summed E-state index contributed by atoms with van der Waals surface area (Å²) in [7, 11) is 1.65. The van der Waals surface area contributed by atoms with Crippen molar-refractivity contribution >= 4 is 11.8 Å². The fourth-order valence-electron chi connectivity index (χ4n) is 2.76. The van der Waals surface area contributed by atoms with Crippen LogP contribution in [0.25, 0.3) is 0 Å². The molecule has 120 valence electrons. The molecule has 1 saturated carbocycles. The number of nitrogens with one attached hydrogen (secondary N) is 1. The predicted octanol–water partition coefficient (Wildman–Crippen LogP) is 0.779. The molecule has 5 nitrogen and oxygen atoms in total. The van der Waals surface area contributed by atoms with Crippen LogP contribution in [0.5, 0.6) is 0 Å². The average molecular weight is 307 g/mol. The van der Waals surface area contributed by atoms with Gasteiger partial charge in [-0.2, -0.15) is 0 Å². The van der Waals surface area contributed by atoms with E-state index >= 15 is 0 Å². The lowest BCUT2D eigenvalue weighted by Gasteiger charge is -2.27. The van der Waals surface area contributed by atoms with E-state index in [1.807, 2.05) is 6.92 Å². The molecule has 3 N–H and O–H groups in total. The van der Waals surface area contributed by atoms with Gasteiger partial charge < -0.3 is 16.0 Å². The van der Waals surface area contributed by atoms with Crippen molar-refractivity contribution < 1.29 is 14.0 Å². The van der Waals surface area contributed by atoms with Gasteiger partial charge in [-0.1, -0.05) is 19.1 Å². The van der Waals surface area contributed by atoms with E-state index in [1.54, 1.807) is 19.2 Å². The van der Waals surface area contributed by atoms with E-state index in [9.17, 15) is 14.0 Å². The summed E-state index contributed by atoms with van der Waals surface area (Å²) in [5.74, 6) is -0.929. The monoisotopic (exact) mass is 307 g/mol. The van der Waals surface area contributed by atoms with Crippen LogP contribution in [0.2, 0.25) is 0 Å². The second kappa shape index (κ2) is 6.44. The highest BCUT2D eigenvalue weighted by Gasteiger charge is 2.52. The number of hydrogen-bond donors (Lipinski definition) is 2. The lowest BCUT2D eigenvalue weighted by atomic mass is 9.94. The van der Waals surface area contributed by atoms with E-state index in [1.165, 1.54) is 17.0 Å². The molecular weight excluding hydrogens is 285 g/mol. The second-order valence-electron chi connectivity index (χ2n) is 5.79. The number of carbonyl (C=O) groups is 2. The first-order chi connectivity index (χ1) is 10.4. The number of rotatable bonds is 7. The minimum Gasteiger partial charge on any atom is -0.368 e. The second-order valence-corrected chi connectivity index (χ2v) is 5.79. The molecule has 1 fully saturated rings. The van der Waals surface area contributed by atoms with Crippen LogP contribution in [0, 0.1) is 5.82 Å². The van der Waals surface area contributed by atoms with Gasteiger partial charge in [-0.05, 0) is 37.1 Å². The first-order valence-corrected chi connectivity index (χ1v) is 7.45. The number of hydrogen-bond acceptors (Lipinski definition) is 3. The van der Waals surface area contributed by atoms with Crippen molar-refractivity contribution in [3.05, 3.63) is 35.6 Å². The van der Waals surface area contributed by atoms with Gasteiger partial charge in [0.2, 0.25) is 11.8 Å². The zero-order valence-electron chi connectivity index (χ0n) is 12.9. The lowest BCUT2D eigenvalue weighted by Crippen LogP contribution is -2.51. The Bertz CT molecular complexity index is 572. The average Bonchev–Trinajstić information content (AvgIpc) is 3.27. The van der Waals surface area contributed by atoms with E-state index in [0.29, 0.717) is 24.9 Å². The van der Waals surface area contributed by atoms with Gasteiger partial charge in [-0.25, -0.2) is 4.39 Å². The van der Waals surface area contributed by atoms with Crippen LogP contribution in [-0.2, 0) is 15.0 Å². The highest BCUT2D eigenvalue weighted by atomic mass is 19.1. The molecule has 0 spiro atoms. The van der Waals surface area contributed by atoms with E-state index in [2.05, 4.69) is 5.32 Å². The van der Waals surface area contributed by atoms with Crippen LogP contribution in [0.15, 0.2) is 24.3 Å². The maximum Gasteiger partial charge on any atom is 0.236 e. The Morgan fingerprint density at radius 2 is 2.14 bits per heavy atom. The summed E-state index contributed by atoms with van der Waals surface area (Å²) in [5, 5.41) is 2.96. The van der Waals surface area contributed by atoms with Crippen molar-refractivity contribution in [1.29, 1.82) is 0 Å². The van der Waals surface area contributed by atoms with Crippen LogP contribution < -0.4 is 11.1 Å². The first-order valence-electron chi connectivity index (χ1n) is 7.45. The molecule has 2 rings (SSSR count). The zero-order chi connectivity index (χ0) is 16.3. The van der Waals surface area contributed by atoms with Crippen LogP contribution >= 0.6 is 0 Å². The van der Waals surface area contributed by atoms with Gasteiger partial charge >= 0.3 is 0 Å². The summed E-state index contributed by atoms with van der Waals surface area (Å²) in [6, 6.07) is 5.58. The summed E-state index contributed by atoms with van der Waals surface area (Å²) >= 11 is 0. The van der Waals surface area contributed by atoms with Gasteiger partial charge in [0, 0.05) is 13.6 Å². The molecule has 1 aliphatic rings. The predicted molar refractivity (Wildman–Crippen MR) is 81.6 cm³/mol. The van der Waals surface area contributed by atoms with Crippen LogP contribution in [0.4, 0.5) is 4.39 Å². The van der Waals surface area contributed by atoms with Crippen molar-refractivity contribution in [2.45, 2.75) is 31.2 Å². The fraction of sp³-hybridized carbons (Fsp3) is 0.500. The minimum absolute atomic E-state index is 0.0951. The third-order valence-electron chi connectivity index (χ3n) is 4.13. The number of primary amides is 1. The highest BCUT2D eigenvalue weighted by Crippen LogP contribution is 2.49. The van der Waals surface area contributed by atoms with Gasteiger partial charge in [-0.15, -0.1) is 0 Å². The maximum absolute atomic E-state index is 13.4. The molecule has 1 atom stereocenters. The molecule has 22 heavy (non-hydrogen) atoms. The number of amides is 2. The Labute approximate surface area is 129 Å². The minimum atomic E-state index is -0.648. The lowest BCUT2D eigenvalue weighted by molar-refractivity contribution is -0.133. The van der Waals surface area contributed by atoms with E-state index < -0.39 is 17.4 Å². The first kappa shape index (κ1) is 16.4. The molecular formula is C16H22FN3O2. The highest BCUT2D eigenvalue weighted by molar-refractivity contribution is 5.91. The number of benzene rings is 1. The van der Waals surface area contributed by atoms with Gasteiger partial charge in [-0.3, -0.25) is 9.59 Å². The Morgan fingerprint density at radius 3 is 2.64 bits per heavy atom. The molecule has 1 unspecified atom stereocenters. The third-order valence-corrected chi connectivity index (χ3v) is 4.13. The number of halogens is 1. The molecule has 0 aromatic heterocycles. The number of nitrogens with zero attached hydrogens (tertiary/aromatic N) is 1. The van der Waals surface area contributed by atoms with E-state index in [-0.39, 0.29) is 18.3 Å². The summed E-state index contributed by atoms with van der Waals surface area (Å²) in [6.07, 6.45) is 1.39. The van der Waals surface area contributed by atoms with Crippen molar-refractivity contribution in [2.24, 2.45) is 5.73 Å². The molecule has 0 radical (unpaired) electrons. The van der Waals surface area contributed by atoms with Crippen LogP contribution in [-0.4, -0.2) is 42.9 Å². The molecule has 0 saturated heterocycles. The summed E-state index contributed by atoms with van der Waals surface area (Å²) in [4.78, 5) is 25.6.